The van der Waals surface area contributed by atoms with Gasteiger partial charge in [0.1, 0.15) is 11.6 Å². The summed E-state index contributed by atoms with van der Waals surface area (Å²) >= 11 is 6.35. The molecule has 20 heavy (non-hydrogen) atoms. The monoisotopic (exact) mass is 377 g/mol. The fraction of sp³-hybridized carbons (Fsp3) is 0.286. The third-order valence-corrected chi connectivity index (χ3v) is 6.24. The van der Waals surface area contributed by atoms with Gasteiger partial charge in [-0.1, -0.05) is 6.92 Å². The largest absolute Gasteiger partial charge is 0.326 e. The van der Waals surface area contributed by atoms with Crippen LogP contribution < -0.4 is 5.73 Å². The molecule has 0 aliphatic heterocycles. The molecule has 0 saturated carbocycles. The molecule has 1 aromatic heterocycles. The normalized spacial score (nSPS) is 14.2. The van der Waals surface area contributed by atoms with Crippen molar-refractivity contribution in [2.75, 3.05) is 0 Å². The van der Waals surface area contributed by atoms with E-state index in [9.17, 15) is 8.78 Å². The maximum atomic E-state index is 13.8. The zero-order chi connectivity index (χ0) is 14.7. The molecule has 1 nitrogen and oxygen atoms in total. The minimum atomic E-state index is -0.568. The second-order valence-electron chi connectivity index (χ2n) is 4.35. The Balaban J connectivity index is 2.28. The summed E-state index contributed by atoms with van der Waals surface area (Å²) < 4.78 is 27.7. The van der Waals surface area contributed by atoms with Crippen LogP contribution in [-0.2, 0) is 0 Å². The summed E-state index contributed by atoms with van der Waals surface area (Å²) in [6.07, 6.45) is 0.788. The van der Waals surface area contributed by atoms with Crippen LogP contribution in [0, 0.1) is 11.6 Å². The summed E-state index contributed by atoms with van der Waals surface area (Å²) in [4.78, 5) is 1.50. The maximum absolute atomic E-state index is 13.8. The molecule has 6 heteroatoms. The van der Waals surface area contributed by atoms with E-state index < -0.39 is 11.6 Å². The Morgan fingerprint density at radius 3 is 2.65 bits per heavy atom. The smallest absolute Gasteiger partial charge is 0.139 e. The molecule has 0 aliphatic carbocycles. The molecule has 1 aromatic carbocycles. The lowest BCUT2D eigenvalue weighted by Crippen LogP contribution is -2.25. The number of halogens is 3. The van der Waals surface area contributed by atoms with Crippen LogP contribution >= 0.6 is 39.0 Å². The second kappa shape index (κ2) is 7.02. The highest BCUT2D eigenvalue weighted by Crippen LogP contribution is 2.42. The van der Waals surface area contributed by atoms with Crippen molar-refractivity contribution in [2.24, 2.45) is 5.73 Å². The van der Waals surface area contributed by atoms with E-state index in [1.807, 2.05) is 18.4 Å². The number of benzene rings is 1. The van der Waals surface area contributed by atoms with E-state index in [0.717, 1.165) is 21.8 Å². The van der Waals surface area contributed by atoms with Crippen molar-refractivity contribution in [1.82, 2.24) is 0 Å². The summed E-state index contributed by atoms with van der Waals surface area (Å²) in [5, 5.41) is 1.93. The third kappa shape index (κ3) is 3.81. The van der Waals surface area contributed by atoms with Gasteiger partial charge in [-0.3, -0.25) is 0 Å². The number of thiophene rings is 1. The molecule has 0 aliphatic rings. The quantitative estimate of drug-likeness (QED) is 0.709. The van der Waals surface area contributed by atoms with Gasteiger partial charge in [-0.2, -0.15) is 0 Å². The molecule has 1 heterocycles. The maximum Gasteiger partial charge on any atom is 0.139 e. The van der Waals surface area contributed by atoms with Crippen molar-refractivity contribution in [3.8, 4) is 0 Å². The van der Waals surface area contributed by atoms with Gasteiger partial charge >= 0.3 is 0 Å². The number of hydrogen-bond donors (Lipinski definition) is 1. The highest BCUT2D eigenvalue weighted by atomic mass is 79.9. The van der Waals surface area contributed by atoms with Gasteiger partial charge in [-0.15, -0.1) is 23.1 Å². The minimum Gasteiger partial charge on any atom is -0.326 e. The highest BCUT2D eigenvalue weighted by Gasteiger charge is 2.23. The standard InChI is InChI=1S/C14H14BrF2NS2/c1-2-11(18)14(13-5-8(15)7-19-13)20-12-4-3-9(16)6-10(12)17/h3-7,11,14H,2,18H2,1H3. The molecule has 0 radical (unpaired) electrons. The molecule has 2 atom stereocenters. The van der Waals surface area contributed by atoms with Crippen LogP contribution in [-0.4, -0.2) is 6.04 Å². The van der Waals surface area contributed by atoms with Gasteiger partial charge in [0.25, 0.3) is 0 Å². The van der Waals surface area contributed by atoms with Gasteiger partial charge in [-0.25, -0.2) is 8.78 Å². The second-order valence-corrected chi connectivity index (χ2v) is 7.39. The molecule has 0 bridgehead atoms. The zero-order valence-corrected chi connectivity index (χ0v) is 14.0. The summed E-state index contributed by atoms with van der Waals surface area (Å²) in [5.74, 6) is -1.11. The van der Waals surface area contributed by atoms with Crippen LogP contribution in [0.25, 0.3) is 0 Å². The van der Waals surface area contributed by atoms with Crippen LogP contribution in [0.15, 0.2) is 39.0 Å². The Morgan fingerprint density at radius 1 is 1.35 bits per heavy atom. The van der Waals surface area contributed by atoms with Gasteiger partial charge in [0, 0.05) is 31.7 Å². The van der Waals surface area contributed by atoms with Crippen molar-refractivity contribution < 1.29 is 8.78 Å². The Kier molecular flexibility index (Phi) is 5.60. The first-order valence-electron chi connectivity index (χ1n) is 6.12. The summed E-state index contributed by atoms with van der Waals surface area (Å²) in [6, 6.07) is 5.55. The van der Waals surface area contributed by atoms with Crippen molar-refractivity contribution in [3.63, 3.8) is 0 Å². The van der Waals surface area contributed by atoms with E-state index >= 15 is 0 Å². The Labute approximate surface area is 133 Å². The Morgan fingerprint density at radius 2 is 2.10 bits per heavy atom. The zero-order valence-electron chi connectivity index (χ0n) is 10.8. The topological polar surface area (TPSA) is 26.0 Å². The van der Waals surface area contributed by atoms with Crippen LogP contribution in [0.3, 0.4) is 0 Å². The molecule has 108 valence electrons. The SMILES string of the molecule is CCC(N)C(Sc1ccc(F)cc1F)c1cc(Br)cs1. The first-order chi connectivity index (χ1) is 9.51. The van der Waals surface area contributed by atoms with Crippen LogP contribution in [0.5, 0.6) is 0 Å². The van der Waals surface area contributed by atoms with Gasteiger partial charge < -0.3 is 5.73 Å². The van der Waals surface area contributed by atoms with E-state index in [0.29, 0.717) is 4.90 Å². The molecule has 0 saturated heterocycles. The summed E-state index contributed by atoms with van der Waals surface area (Å²) in [6.45, 7) is 2.00. The molecular formula is C14H14BrF2NS2. The highest BCUT2D eigenvalue weighted by molar-refractivity contribution is 9.10. The molecular weight excluding hydrogens is 364 g/mol. The molecule has 2 unspecified atom stereocenters. The van der Waals surface area contributed by atoms with E-state index in [4.69, 9.17) is 5.73 Å². The van der Waals surface area contributed by atoms with Gasteiger partial charge in [0.15, 0.2) is 0 Å². The Hall–Kier alpha value is -0.430. The molecule has 0 amide bonds. The lowest BCUT2D eigenvalue weighted by Gasteiger charge is -2.21. The predicted octanol–water partition coefficient (Wildman–Crippen LogP) is 5.36. The first kappa shape index (κ1) is 15.9. The fourth-order valence-corrected chi connectivity index (χ4v) is 4.71. The summed E-state index contributed by atoms with van der Waals surface area (Å²) in [5.41, 5.74) is 6.16. The molecule has 2 aromatic rings. The minimum absolute atomic E-state index is 0.0451. The van der Waals surface area contributed by atoms with Crippen LogP contribution in [0.2, 0.25) is 0 Å². The van der Waals surface area contributed by atoms with Crippen molar-refractivity contribution in [1.29, 1.82) is 0 Å². The van der Waals surface area contributed by atoms with Gasteiger partial charge in [-0.05, 0) is 40.5 Å². The lowest BCUT2D eigenvalue weighted by molar-refractivity contribution is 0.564. The molecule has 2 N–H and O–H groups in total. The lowest BCUT2D eigenvalue weighted by atomic mass is 10.1. The average Bonchev–Trinajstić information content (AvgIpc) is 2.83. The number of hydrogen-bond acceptors (Lipinski definition) is 3. The van der Waals surface area contributed by atoms with E-state index in [-0.39, 0.29) is 11.3 Å². The molecule has 2 rings (SSSR count). The fourth-order valence-electron chi connectivity index (χ4n) is 1.76. The van der Waals surface area contributed by atoms with Crippen LogP contribution in [0.1, 0.15) is 23.5 Å². The van der Waals surface area contributed by atoms with E-state index in [1.165, 1.54) is 23.9 Å². The van der Waals surface area contributed by atoms with Gasteiger partial charge in [0.2, 0.25) is 0 Å². The van der Waals surface area contributed by atoms with E-state index in [2.05, 4.69) is 15.9 Å². The van der Waals surface area contributed by atoms with Gasteiger partial charge in [0.05, 0.1) is 5.25 Å². The third-order valence-electron chi connectivity index (χ3n) is 2.88. The van der Waals surface area contributed by atoms with Crippen LogP contribution in [0.4, 0.5) is 8.78 Å². The number of nitrogens with two attached hydrogens (primary N) is 1. The molecule has 0 spiro atoms. The van der Waals surface area contributed by atoms with Crippen molar-refractivity contribution in [2.45, 2.75) is 29.5 Å². The predicted molar refractivity (Wildman–Crippen MR) is 85.2 cm³/mol. The van der Waals surface area contributed by atoms with Crippen molar-refractivity contribution in [3.05, 3.63) is 50.6 Å². The van der Waals surface area contributed by atoms with E-state index in [1.54, 1.807) is 11.3 Å². The van der Waals surface area contributed by atoms with Crippen molar-refractivity contribution >= 4 is 39.0 Å². The summed E-state index contributed by atoms with van der Waals surface area (Å²) in [7, 11) is 0. The first-order valence-corrected chi connectivity index (χ1v) is 8.67. The average molecular weight is 378 g/mol. The Bertz CT molecular complexity index is 588. The number of rotatable bonds is 5. The molecule has 0 fully saturated rings. The number of thioether (sulfide) groups is 1.